The molecule has 0 radical (unpaired) electrons. The van der Waals surface area contributed by atoms with Gasteiger partial charge in [0, 0.05) is 19.3 Å². The standard InChI is InChI=1S/C28H28Cl2N4O3/c1-17-9-11-21(15-18(17)2)34-26(32-25-8-6-5-7-22(25)27(34)35)19(3)33(13-14-37-4)28(36)31-20-10-12-23(29)24(30)16-20/h5-12,15-16,19H,13-14H2,1-4H3,(H,31,36). The smallest absolute Gasteiger partial charge is 0.322 e. The zero-order chi connectivity index (χ0) is 26.7. The number of carbonyl (C=O) groups excluding carboxylic acids is 1. The Morgan fingerprint density at radius 2 is 1.81 bits per heavy atom. The van der Waals surface area contributed by atoms with Crippen molar-refractivity contribution in [3.05, 3.63) is 98.0 Å². The minimum Gasteiger partial charge on any atom is -0.383 e. The van der Waals surface area contributed by atoms with Gasteiger partial charge in [0.25, 0.3) is 5.56 Å². The SMILES string of the molecule is COCCN(C(=O)Nc1ccc(Cl)c(Cl)c1)C(C)c1nc2ccccc2c(=O)n1-c1ccc(C)c(C)c1. The highest BCUT2D eigenvalue weighted by molar-refractivity contribution is 6.42. The molecule has 4 aromatic rings. The first-order valence-corrected chi connectivity index (χ1v) is 12.6. The summed E-state index contributed by atoms with van der Waals surface area (Å²) in [7, 11) is 1.57. The highest BCUT2D eigenvalue weighted by atomic mass is 35.5. The van der Waals surface area contributed by atoms with Crippen LogP contribution in [-0.2, 0) is 4.74 Å². The lowest BCUT2D eigenvalue weighted by Crippen LogP contribution is -2.41. The van der Waals surface area contributed by atoms with Crippen LogP contribution < -0.4 is 10.9 Å². The molecular weight excluding hydrogens is 511 g/mol. The third kappa shape index (κ3) is 5.64. The van der Waals surface area contributed by atoms with E-state index in [0.29, 0.717) is 44.8 Å². The fraction of sp³-hybridized carbons (Fsp3) is 0.250. The molecule has 0 spiro atoms. The van der Waals surface area contributed by atoms with Gasteiger partial charge in [0.05, 0.1) is 39.3 Å². The zero-order valence-electron chi connectivity index (χ0n) is 21.1. The number of urea groups is 1. The van der Waals surface area contributed by atoms with Crippen molar-refractivity contribution in [2.24, 2.45) is 0 Å². The summed E-state index contributed by atoms with van der Waals surface area (Å²) in [6, 6.07) is 16.9. The molecule has 0 aliphatic heterocycles. The van der Waals surface area contributed by atoms with E-state index < -0.39 is 12.1 Å². The minimum absolute atomic E-state index is 0.202. The summed E-state index contributed by atoms with van der Waals surface area (Å²) in [6.07, 6.45) is 0. The second kappa shape index (κ2) is 11.3. The van der Waals surface area contributed by atoms with Crippen LogP contribution >= 0.6 is 23.2 Å². The maximum atomic E-state index is 13.8. The summed E-state index contributed by atoms with van der Waals surface area (Å²) in [5.41, 5.74) is 3.70. The zero-order valence-corrected chi connectivity index (χ0v) is 22.6. The molecule has 4 rings (SSSR count). The number of anilines is 1. The van der Waals surface area contributed by atoms with E-state index in [9.17, 15) is 9.59 Å². The first-order valence-electron chi connectivity index (χ1n) is 11.8. The van der Waals surface area contributed by atoms with Gasteiger partial charge in [0.15, 0.2) is 0 Å². The van der Waals surface area contributed by atoms with Crippen LogP contribution in [0.25, 0.3) is 16.6 Å². The summed E-state index contributed by atoms with van der Waals surface area (Å²) in [5, 5.41) is 4.09. The second-order valence-corrected chi connectivity index (χ2v) is 9.63. The molecule has 1 atom stereocenters. The lowest BCUT2D eigenvalue weighted by molar-refractivity contribution is 0.137. The third-order valence-electron chi connectivity index (χ3n) is 6.36. The number of aromatic nitrogens is 2. The molecule has 37 heavy (non-hydrogen) atoms. The monoisotopic (exact) mass is 538 g/mol. The van der Waals surface area contributed by atoms with Crippen LogP contribution in [0.1, 0.15) is 29.9 Å². The number of halogens is 2. The molecule has 1 heterocycles. The molecule has 1 unspecified atom stereocenters. The van der Waals surface area contributed by atoms with Crippen molar-refractivity contribution in [3.8, 4) is 5.69 Å². The number of nitrogens with one attached hydrogen (secondary N) is 1. The molecule has 2 amide bonds. The molecule has 0 saturated carbocycles. The van der Waals surface area contributed by atoms with Gasteiger partial charge in [-0.1, -0.05) is 41.4 Å². The number of amides is 2. The minimum atomic E-state index is -0.586. The van der Waals surface area contributed by atoms with Gasteiger partial charge in [0.2, 0.25) is 0 Å². The molecule has 0 fully saturated rings. The number of rotatable bonds is 7. The number of aryl methyl sites for hydroxylation is 2. The van der Waals surface area contributed by atoms with E-state index in [-0.39, 0.29) is 12.1 Å². The van der Waals surface area contributed by atoms with Gasteiger partial charge < -0.3 is 15.0 Å². The van der Waals surface area contributed by atoms with Crippen molar-refractivity contribution >= 4 is 45.8 Å². The summed E-state index contributed by atoms with van der Waals surface area (Å²) < 4.78 is 6.87. The Kier molecular flexibility index (Phi) is 8.17. The van der Waals surface area contributed by atoms with Crippen molar-refractivity contribution in [2.45, 2.75) is 26.8 Å². The van der Waals surface area contributed by atoms with E-state index in [0.717, 1.165) is 11.1 Å². The number of carbonyl (C=O) groups is 1. The Labute approximate surface area is 225 Å². The lowest BCUT2D eigenvalue weighted by Gasteiger charge is -2.30. The molecule has 0 saturated heterocycles. The Morgan fingerprint density at radius 3 is 2.51 bits per heavy atom. The Bertz CT molecular complexity index is 1520. The van der Waals surface area contributed by atoms with Gasteiger partial charge in [0.1, 0.15) is 5.82 Å². The fourth-order valence-electron chi connectivity index (χ4n) is 4.11. The molecule has 1 aromatic heterocycles. The summed E-state index contributed by atoms with van der Waals surface area (Å²) >= 11 is 12.2. The topological polar surface area (TPSA) is 76.5 Å². The van der Waals surface area contributed by atoms with Crippen molar-refractivity contribution in [1.82, 2.24) is 14.5 Å². The first-order chi connectivity index (χ1) is 17.7. The van der Waals surface area contributed by atoms with E-state index in [4.69, 9.17) is 32.9 Å². The molecular formula is C28H28Cl2N4O3. The number of benzene rings is 3. The molecule has 3 aromatic carbocycles. The van der Waals surface area contributed by atoms with E-state index >= 15 is 0 Å². The first kappa shape index (κ1) is 26.7. The number of methoxy groups -OCH3 is 1. The summed E-state index contributed by atoms with van der Waals surface area (Å²) in [4.78, 5) is 33.7. The maximum Gasteiger partial charge on any atom is 0.322 e. The van der Waals surface area contributed by atoms with Crippen LogP contribution in [0.4, 0.5) is 10.5 Å². The molecule has 1 N–H and O–H groups in total. The largest absolute Gasteiger partial charge is 0.383 e. The van der Waals surface area contributed by atoms with Crippen LogP contribution in [0.15, 0.2) is 65.5 Å². The van der Waals surface area contributed by atoms with Crippen LogP contribution in [0.5, 0.6) is 0 Å². The predicted octanol–water partition coefficient (Wildman–Crippen LogP) is 6.55. The number of ether oxygens (including phenoxy) is 1. The number of hydrogen-bond donors (Lipinski definition) is 1. The second-order valence-electron chi connectivity index (χ2n) is 8.82. The third-order valence-corrected chi connectivity index (χ3v) is 7.10. The van der Waals surface area contributed by atoms with Gasteiger partial charge in [-0.05, 0) is 74.4 Å². The number of nitrogens with zero attached hydrogens (tertiary/aromatic N) is 3. The molecule has 7 nitrogen and oxygen atoms in total. The number of para-hydroxylation sites is 1. The molecule has 0 aliphatic rings. The van der Waals surface area contributed by atoms with Gasteiger partial charge in [-0.2, -0.15) is 0 Å². The van der Waals surface area contributed by atoms with Crippen LogP contribution in [0, 0.1) is 13.8 Å². The highest BCUT2D eigenvalue weighted by Crippen LogP contribution is 2.27. The van der Waals surface area contributed by atoms with Gasteiger partial charge in [-0.3, -0.25) is 9.36 Å². The van der Waals surface area contributed by atoms with Gasteiger partial charge in [-0.15, -0.1) is 0 Å². The molecule has 0 aliphatic carbocycles. The Morgan fingerprint density at radius 1 is 1.05 bits per heavy atom. The van der Waals surface area contributed by atoms with Crippen molar-refractivity contribution in [2.75, 3.05) is 25.6 Å². The molecule has 192 valence electrons. The number of hydrogen-bond acceptors (Lipinski definition) is 4. The lowest BCUT2D eigenvalue weighted by atomic mass is 10.1. The van der Waals surface area contributed by atoms with E-state index in [1.807, 2.05) is 51.1 Å². The normalized spacial score (nSPS) is 11.9. The molecule has 0 bridgehead atoms. The highest BCUT2D eigenvalue weighted by Gasteiger charge is 2.27. The Balaban J connectivity index is 1.83. The van der Waals surface area contributed by atoms with Crippen molar-refractivity contribution < 1.29 is 9.53 Å². The average molecular weight is 539 g/mol. The fourth-order valence-corrected chi connectivity index (χ4v) is 4.41. The van der Waals surface area contributed by atoms with Crippen molar-refractivity contribution in [3.63, 3.8) is 0 Å². The van der Waals surface area contributed by atoms with Gasteiger partial charge in [-0.25, -0.2) is 9.78 Å². The quantitative estimate of drug-likeness (QED) is 0.289. The van der Waals surface area contributed by atoms with Crippen molar-refractivity contribution in [1.29, 1.82) is 0 Å². The van der Waals surface area contributed by atoms with E-state index in [1.165, 1.54) is 0 Å². The van der Waals surface area contributed by atoms with Crippen LogP contribution in [-0.4, -0.2) is 40.7 Å². The Hall–Kier alpha value is -3.39. The maximum absolute atomic E-state index is 13.8. The van der Waals surface area contributed by atoms with Gasteiger partial charge >= 0.3 is 6.03 Å². The van der Waals surface area contributed by atoms with E-state index in [1.54, 1.807) is 46.9 Å². The predicted molar refractivity (Wildman–Crippen MR) is 149 cm³/mol. The van der Waals surface area contributed by atoms with Crippen LogP contribution in [0.3, 0.4) is 0 Å². The number of fused-ring (bicyclic) bond motifs is 1. The summed E-state index contributed by atoms with van der Waals surface area (Å²) in [5.74, 6) is 0.437. The van der Waals surface area contributed by atoms with E-state index in [2.05, 4.69) is 5.32 Å². The molecule has 9 heteroatoms. The van der Waals surface area contributed by atoms with Crippen LogP contribution in [0.2, 0.25) is 10.0 Å². The summed E-state index contributed by atoms with van der Waals surface area (Å²) in [6.45, 7) is 6.42. The average Bonchev–Trinajstić information content (AvgIpc) is 2.88.